The zero-order valence-corrected chi connectivity index (χ0v) is 28.4. The summed E-state index contributed by atoms with van der Waals surface area (Å²) >= 11 is 0. The largest absolute Gasteiger partial charge is 0.505 e. The lowest BCUT2D eigenvalue weighted by Crippen LogP contribution is -2.45. The van der Waals surface area contributed by atoms with E-state index in [1.807, 2.05) is 32.1 Å². The Hall–Kier alpha value is -3.89. The van der Waals surface area contributed by atoms with Crippen molar-refractivity contribution in [3.63, 3.8) is 0 Å². The van der Waals surface area contributed by atoms with Crippen molar-refractivity contribution in [2.75, 3.05) is 19.5 Å². The van der Waals surface area contributed by atoms with Crippen LogP contribution in [0.2, 0.25) is 0 Å². The number of methoxy groups -OCH3 is 2. The van der Waals surface area contributed by atoms with Crippen LogP contribution in [0.1, 0.15) is 77.7 Å². The van der Waals surface area contributed by atoms with Crippen LogP contribution in [0.4, 0.5) is 5.69 Å². The van der Waals surface area contributed by atoms with Crippen molar-refractivity contribution in [1.82, 2.24) is 5.32 Å². The molecule has 2 amide bonds. The number of fused-ring (bicyclic) bond motifs is 2. The Morgan fingerprint density at radius 1 is 1.06 bits per heavy atom. The third kappa shape index (κ3) is 11.7. The number of anilines is 1. The van der Waals surface area contributed by atoms with Crippen LogP contribution < -0.4 is 15.4 Å². The number of aliphatic hydroxyl groups is 1. The van der Waals surface area contributed by atoms with Gasteiger partial charge in [0.1, 0.15) is 23.6 Å². The number of hydrogen-bond acceptors (Lipinski definition) is 8. The molecule has 0 aromatic heterocycles. The molecule has 1 aromatic carbocycles. The van der Waals surface area contributed by atoms with E-state index in [4.69, 9.17) is 14.2 Å². The standard InChI is InChI=1S/C37H52N2O8/c1-24-15-14-18-28-21-30(46-5)22-31(35(28)42)39-33(40)23-29(45-4)19-12-7-6-8-13-20-32(25(2)34(24)41)47-37(44)26(3)38-36(43)27-16-10-9-11-17-27/h6-8,12-13,15,19,21-22,25-27,29,32,34,41-42H,9-11,14,16-18,20,23H2,1-5H3,(H,38,43)(H,39,40). The van der Waals surface area contributed by atoms with Crippen LogP contribution in [0, 0.1) is 11.8 Å². The van der Waals surface area contributed by atoms with Gasteiger partial charge in [0.05, 0.1) is 31.4 Å². The number of aryl methyl sites for hydroxylation is 1. The van der Waals surface area contributed by atoms with Crippen LogP contribution in [-0.4, -0.2) is 66.6 Å². The minimum atomic E-state index is -0.916. The van der Waals surface area contributed by atoms with Crippen molar-refractivity contribution >= 4 is 23.5 Å². The second-order valence-corrected chi connectivity index (χ2v) is 12.5. The van der Waals surface area contributed by atoms with Crippen molar-refractivity contribution in [2.24, 2.45) is 11.8 Å². The molecule has 3 rings (SSSR count). The van der Waals surface area contributed by atoms with E-state index >= 15 is 0 Å². The van der Waals surface area contributed by atoms with Crippen LogP contribution in [-0.2, 0) is 30.3 Å². The summed E-state index contributed by atoms with van der Waals surface area (Å²) in [6, 6.07) is 2.46. The van der Waals surface area contributed by atoms with Gasteiger partial charge in [0.15, 0.2) is 0 Å². The normalized spacial score (nSPS) is 24.3. The molecule has 1 aliphatic heterocycles. The SMILES string of the molecule is COc1cc2c(O)c(c1)NC(=O)CC(OC)C=CC=CC=CCC(OC(=O)C(C)NC(=O)C1CCCCC1)C(C)C(O)C(C)=CCC2. The topological polar surface area (TPSA) is 143 Å². The lowest BCUT2D eigenvalue weighted by Gasteiger charge is -2.29. The molecule has 1 heterocycles. The summed E-state index contributed by atoms with van der Waals surface area (Å²) in [5.74, 6) is -1.11. The Morgan fingerprint density at radius 2 is 1.79 bits per heavy atom. The van der Waals surface area contributed by atoms with Crippen LogP contribution in [0.3, 0.4) is 0 Å². The highest BCUT2D eigenvalue weighted by Gasteiger charge is 2.31. The molecule has 10 heteroatoms. The molecule has 4 N–H and O–H groups in total. The summed E-state index contributed by atoms with van der Waals surface area (Å²) in [5.41, 5.74) is 1.51. The molecule has 5 atom stereocenters. The number of phenols is 1. The number of amides is 2. The number of rotatable bonds is 6. The molecule has 47 heavy (non-hydrogen) atoms. The number of hydrogen-bond donors (Lipinski definition) is 4. The van der Waals surface area contributed by atoms with Gasteiger partial charge in [0, 0.05) is 37.0 Å². The molecule has 1 saturated carbocycles. The van der Waals surface area contributed by atoms with Crippen molar-refractivity contribution in [2.45, 2.75) is 103 Å². The van der Waals surface area contributed by atoms with Gasteiger partial charge in [-0.05, 0) is 51.2 Å². The maximum Gasteiger partial charge on any atom is 0.328 e. The Labute approximate surface area is 278 Å². The zero-order chi connectivity index (χ0) is 34.3. The Balaban J connectivity index is 1.83. The molecule has 1 aromatic rings. The van der Waals surface area contributed by atoms with Gasteiger partial charge in [-0.15, -0.1) is 0 Å². The quantitative estimate of drug-likeness (QED) is 0.174. The Kier molecular flexibility index (Phi) is 15.2. The number of carbonyl (C=O) groups excluding carboxylic acids is 3. The van der Waals surface area contributed by atoms with Crippen LogP contribution in [0.5, 0.6) is 11.5 Å². The van der Waals surface area contributed by atoms with Gasteiger partial charge >= 0.3 is 5.97 Å². The molecular formula is C37H52N2O8. The molecular weight excluding hydrogens is 600 g/mol. The first kappa shape index (κ1) is 37.6. The number of ether oxygens (including phenoxy) is 3. The predicted octanol–water partition coefficient (Wildman–Crippen LogP) is 5.69. The summed E-state index contributed by atoms with van der Waals surface area (Å²) in [6.07, 6.45) is 16.7. The number of esters is 1. The van der Waals surface area contributed by atoms with E-state index in [1.165, 1.54) is 14.2 Å². The summed E-state index contributed by atoms with van der Waals surface area (Å²) in [7, 11) is 3.03. The van der Waals surface area contributed by atoms with Gasteiger partial charge < -0.3 is 35.1 Å². The highest BCUT2D eigenvalue weighted by Crippen LogP contribution is 2.34. The maximum atomic E-state index is 13.2. The molecule has 10 nitrogen and oxygen atoms in total. The zero-order valence-electron chi connectivity index (χ0n) is 28.4. The fourth-order valence-corrected chi connectivity index (χ4v) is 5.86. The third-order valence-electron chi connectivity index (χ3n) is 8.91. The minimum absolute atomic E-state index is 0.0347. The average molecular weight is 653 g/mol. The molecule has 0 radical (unpaired) electrons. The Morgan fingerprint density at radius 3 is 2.49 bits per heavy atom. The third-order valence-corrected chi connectivity index (χ3v) is 8.91. The van der Waals surface area contributed by atoms with Gasteiger partial charge in [0.25, 0.3) is 0 Å². The van der Waals surface area contributed by atoms with E-state index in [2.05, 4.69) is 10.6 Å². The lowest BCUT2D eigenvalue weighted by atomic mass is 9.88. The fourth-order valence-electron chi connectivity index (χ4n) is 5.86. The second-order valence-electron chi connectivity index (χ2n) is 12.5. The van der Waals surface area contributed by atoms with E-state index in [0.29, 0.717) is 36.1 Å². The highest BCUT2D eigenvalue weighted by atomic mass is 16.5. The maximum absolute atomic E-state index is 13.2. The summed E-state index contributed by atoms with van der Waals surface area (Å²) in [4.78, 5) is 38.8. The van der Waals surface area contributed by atoms with Crippen LogP contribution in [0.15, 0.2) is 60.2 Å². The molecule has 0 saturated heterocycles. The number of aliphatic hydroxyl groups excluding tert-OH is 1. The van der Waals surface area contributed by atoms with Crippen molar-refractivity contribution in [3.8, 4) is 11.5 Å². The summed E-state index contributed by atoms with van der Waals surface area (Å²) < 4.78 is 16.8. The molecule has 0 spiro atoms. The molecule has 258 valence electrons. The van der Waals surface area contributed by atoms with E-state index in [9.17, 15) is 24.6 Å². The van der Waals surface area contributed by atoms with E-state index < -0.39 is 36.2 Å². The number of nitrogens with one attached hydrogen (secondary N) is 2. The minimum Gasteiger partial charge on any atom is -0.505 e. The number of carbonyl (C=O) groups is 3. The first-order valence-electron chi connectivity index (χ1n) is 16.6. The van der Waals surface area contributed by atoms with Gasteiger partial charge in [-0.1, -0.05) is 68.7 Å². The second kappa shape index (κ2) is 19.1. The smallest absolute Gasteiger partial charge is 0.328 e. The van der Waals surface area contributed by atoms with Gasteiger partial charge in [-0.3, -0.25) is 9.59 Å². The first-order valence-corrected chi connectivity index (χ1v) is 16.6. The highest BCUT2D eigenvalue weighted by molar-refractivity contribution is 5.93. The molecule has 1 fully saturated rings. The van der Waals surface area contributed by atoms with Gasteiger partial charge in [-0.25, -0.2) is 4.79 Å². The number of aromatic hydroxyl groups is 1. The van der Waals surface area contributed by atoms with E-state index in [-0.39, 0.29) is 35.6 Å². The summed E-state index contributed by atoms with van der Waals surface area (Å²) in [6.45, 7) is 5.28. The number of phenolic OH excluding ortho intramolecular Hbond substituents is 1. The first-order chi connectivity index (χ1) is 22.5. The van der Waals surface area contributed by atoms with Crippen molar-refractivity contribution < 1.29 is 38.8 Å². The average Bonchev–Trinajstić information content (AvgIpc) is 3.07. The molecule has 5 unspecified atom stereocenters. The van der Waals surface area contributed by atoms with Gasteiger partial charge in [0.2, 0.25) is 11.8 Å². The number of allylic oxidation sites excluding steroid dienone is 5. The van der Waals surface area contributed by atoms with Crippen molar-refractivity contribution in [3.05, 3.63) is 65.8 Å². The van der Waals surface area contributed by atoms with Gasteiger partial charge in [-0.2, -0.15) is 0 Å². The monoisotopic (exact) mass is 652 g/mol. The van der Waals surface area contributed by atoms with Crippen LogP contribution in [0.25, 0.3) is 0 Å². The lowest BCUT2D eigenvalue weighted by molar-refractivity contribution is -0.156. The molecule has 1 aliphatic carbocycles. The molecule has 2 aliphatic rings. The van der Waals surface area contributed by atoms with Crippen molar-refractivity contribution in [1.29, 1.82) is 0 Å². The molecule has 2 bridgehead atoms. The summed E-state index contributed by atoms with van der Waals surface area (Å²) in [5, 5.41) is 27.9. The fraction of sp³-hybridized carbons (Fsp3) is 0.541. The van der Waals surface area contributed by atoms with Crippen LogP contribution >= 0.6 is 0 Å². The number of benzene rings is 1. The van der Waals surface area contributed by atoms with E-state index in [0.717, 1.165) is 32.1 Å². The predicted molar refractivity (Wildman–Crippen MR) is 182 cm³/mol. The van der Waals surface area contributed by atoms with E-state index in [1.54, 1.807) is 43.4 Å². The Bertz CT molecular complexity index is 1330.